The highest BCUT2D eigenvalue weighted by Crippen LogP contribution is 2.18. The molecule has 0 aromatic heterocycles. The van der Waals surface area contributed by atoms with E-state index in [-0.39, 0.29) is 17.0 Å². The molecule has 0 amide bonds. The van der Waals surface area contributed by atoms with Gasteiger partial charge in [0.25, 0.3) is 9.05 Å². The summed E-state index contributed by atoms with van der Waals surface area (Å²) >= 11 is 0. The highest BCUT2D eigenvalue weighted by Gasteiger charge is 2.11. The Kier molecular flexibility index (Phi) is 2.90. The summed E-state index contributed by atoms with van der Waals surface area (Å²) in [5.74, 6) is -0.536. The van der Waals surface area contributed by atoms with Gasteiger partial charge in [-0.2, -0.15) is 0 Å². The van der Waals surface area contributed by atoms with E-state index in [9.17, 15) is 12.8 Å². The Bertz CT molecular complexity index is 419. The monoisotopic (exact) mass is 223 g/mol. The molecule has 0 aliphatic heterocycles. The normalized spacial score (nSPS) is 11.6. The predicted molar refractivity (Wildman–Crippen MR) is 47.3 cm³/mol. The van der Waals surface area contributed by atoms with Crippen molar-refractivity contribution in [1.82, 2.24) is 0 Å². The van der Waals surface area contributed by atoms with Crippen LogP contribution in [0.3, 0.4) is 0 Å². The second-order valence-electron chi connectivity index (χ2n) is 2.40. The van der Waals surface area contributed by atoms with Crippen molar-refractivity contribution >= 4 is 19.7 Å². The van der Waals surface area contributed by atoms with Crippen LogP contribution >= 0.6 is 10.7 Å². The molecule has 3 nitrogen and oxygen atoms in total. The van der Waals surface area contributed by atoms with Gasteiger partial charge in [0.1, 0.15) is 5.82 Å². The minimum atomic E-state index is -3.80. The number of hydrogen-bond donors (Lipinski definition) is 1. The molecule has 0 aliphatic rings. The molecule has 0 aliphatic carbocycles. The van der Waals surface area contributed by atoms with Gasteiger partial charge in [-0.25, -0.2) is 12.8 Å². The average Bonchev–Trinajstić information content (AvgIpc) is 2.03. The summed E-state index contributed by atoms with van der Waals surface area (Å²) in [5, 5.41) is 0. The molecule has 1 aromatic rings. The van der Waals surface area contributed by atoms with Crippen LogP contribution in [0.2, 0.25) is 0 Å². The van der Waals surface area contributed by atoms with Crippen LogP contribution in [0, 0.1) is 5.82 Å². The third kappa shape index (κ3) is 2.40. The Morgan fingerprint density at radius 3 is 2.54 bits per heavy atom. The van der Waals surface area contributed by atoms with Crippen molar-refractivity contribution in [3.8, 4) is 0 Å². The van der Waals surface area contributed by atoms with Gasteiger partial charge in [-0.15, -0.1) is 0 Å². The standard InChI is InChI=1S/C7H7ClFNO2S/c8-13(11,12)6-1-2-7(9)5(3-6)4-10/h1-3H,4,10H2. The molecule has 0 radical (unpaired) electrons. The summed E-state index contributed by atoms with van der Waals surface area (Å²) < 4.78 is 34.5. The van der Waals surface area contributed by atoms with Crippen LogP contribution < -0.4 is 5.73 Å². The molecule has 0 bridgehead atoms. The van der Waals surface area contributed by atoms with E-state index >= 15 is 0 Å². The minimum absolute atomic E-state index is 0.0634. The summed E-state index contributed by atoms with van der Waals surface area (Å²) in [7, 11) is 1.25. The van der Waals surface area contributed by atoms with Crippen molar-refractivity contribution in [2.24, 2.45) is 5.73 Å². The van der Waals surface area contributed by atoms with Crippen molar-refractivity contribution in [2.75, 3.05) is 0 Å². The van der Waals surface area contributed by atoms with Crippen molar-refractivity contribution in [1.29, 1.82) is 0 Å². The smallest absolute Gasteiger partial charge is 0.261 e. The van der Waals surface area contributed by atoms with Crippen LogP contribution in [0.1, 0.15) is 5.56 Å². The van der Waals surface area contributed by atoms with Gasteiger partial charge in [0.2, 0.25) is 0 Å². The van der Waals surface area contributed by atoms with Crippen molar-refractivity contribution < 1.29 is 12.8 Å². The van der Waals surface area contributed by atoms with E-state index in [1.807, 2.05) is 0 Å². The average molecular weight is 224 g/mol. The van der Waals surface area contributed by atoms with Gasteiger partial charge < -0.3 is 5.73 Å². The molecular formula is C7H7ClFNO2S. The van der Waals surface area contributed by atoms with Crippen molar-refractivity contribution in [2.45, 2.75) is 11.4 Å². The molecule has 1 rings (SSSR count). The Morgan fingerprint density at radius 1 is 1.46 bits per heavy atom. The molecule has 2 N–H and O–H groups in total. The lowest BCUT2D eigenvalue weighted by molar-refractivity contribution is 0.601. The molecule has 6 heteroatoms. The van der Waals surface area contributed by atoms with Gasteiger partial charge in [0.05, 0.1) is 4.90 Å². The molecular weight excluding hydrogens is 217 g/mol. The summed E-state index contributed by atoms with van der Waals surface area (Å²) in [6, 6.07) is 3.24. The van der Waals surface area contributed by atoms with Gasteiger partial charge in [0.15, 0.2) is 0 Å². The zero-order valence-electron chi connectivity index (χ0n) is 6.50. The summed E-state index contributed by atoms with van der Waals surface area (Å²) in [6.45, 7) is -0.0634. The Morgan fingerprint density at radius 2 is 2.08 bits per heavy atom. The van der Waals surface area contributed by atoms with E-state index < -0.39 is 14.9 Å². The summed E-state index contributed by atoms with van der Waals surface area (Å²) in [6.07, 6.45) is 0. The quantitative estimate of drug-likeness (QED) is 0.767. The largest absolute Gasteiger partial charge is 0.326 e. The van der Waals surface area contributed by atoms with E-state index in [4.69, 9.17) is 16.4 Å². The number of halogens is 2. The Hall–Kier alpha value is -0.650. The lowest BCUT2D eigenvalue weighted by atomic mass is 10.2. The summed E-state index contributed by atoms with van der Waals surface area (Å²) in [5.41, 5.74) is 5.31. The zero-order chi connectivity index (χ0) is 10.1. The fraction of sp³-hybridized carbons (Fsp3) is 0.143. The fourth-order valence-corrected chi connectivity index (χ4v) is 1.66. The Balaban J connectivity index is 3.30. The number of hydrogen-bond acceptors (Lipinski definition) is 3. The third-order valence-electron chi connectivity index (χ3n) is 1.52. The molecule has 0 atom stereocenters. The van der Waals surface area contributed by atoms with E-state index in [2.05, 4.69) is 0 Å². The highest BCUT2D eigenvalue weighted by atomic mass is 35.7. The molecule has 0 unspecified atom stereocenters. The van der Waals surface area contributed by atoms with Crippen LogP contribution in [-0.4, -0.2) is 8.42 Å². The molecule has 0 fully saturated rings. The van der Waals surface area contributed by atoms with Gasteiger partial charge in [-0.05, 0) is 18.2 Å². The molecule has 0 heterocycles. The van der Waals surface area contributed by atoms with Crippen LogP contribution in [-0.2, 0) is 15.6 Å². The first-order chi connectivity index (χ1) is 5.95. The number of benzene rings is 1. The van der Waals surface area contributed by atoms with Crippen LogP contribution in [0.15, 0.2) is 23.1 Å². The van der Waals surface area contributed by atoms with Gasteiger partial charge in [-0.3, -0.25) is 0 Å². The van der Waals surface area contributed by atoms with Crippen molar-refractivity contribution in [3.63, 3.8) is 0 Å². The van der Waals surface area contributed by atoms with Crippen LogP contribution in [0.4, 0.5) is 4.39 Å². The minimum Gasteiger partial charge on any atom is -0.326 e. The molecule has 0 saturated heterocycles. The fourth-order valence-electron chi connectivity index (χ4n) is 0.859. The maximum absolute atomic E-state index is 12.8. The van der Waals surface area contributed by atoms with Gasteiger partial charge in [0, 0.05) is 22.8 Å². The molecule has 0 saturated carbocycles. The zero-order valence-corrected chi connectivity index (χ0v) is 8.07. The second kappa shape index (κ2) is 3.61. The first-order valence-corrected chi connectivity index (χ1v) is 5.69. The van der Waals surface area contributed by atoms with Gasteiger partial charge in [-0.1, -0.05) is 0 Å². The maximum Gasteiger partial charge on any atom is 0.261 e. The topological polar surface area (TPSA) is 60.2 Å². The first kappa shape index (κ1) is 10.4. The first-order valence-electron chi connectivity index (χ1n) is 3.38. The van der Waals surface area contributed by atoms with E-state index in [1.54, 1.807) is 0 Å². The lowest BCUT2D eigenvalue weighted by Crippen LogP contribution is -2.01. The highest BCUT2D eigenvalue weighted by molar-refractivity contribution is 8.13. The molecule has 1 aromatic carbocycles. The number of rotatable bonds is 2. The SMILES string of the molecule is NCc1cc(S(=O)(=O)Cl)ccc1F. The van der Waals surface area contributed by atoms with Crippen molar-refractivity contribution in [3.05, 3.63) is 29.6 Å². The van der Waals surface area contributed by atoms with Crippen LogP contribution in [0.25, 0.3) is 0 Å². The molecule has 13 heavy (non-hydrogen) atoms. The number of nitrogens with two attached hydrogens (primary N) is 1. The molecule has 72 valence electrons. The molecule has 0 spiro atoms. The van der Waals surface area contributed by atoms with E-state index in [0.717, 1.165) is 18.2 Å². The van der Waals surface area contributed by atoms with Crippen LogP contribution in [0.5, 0.6) is 0 Å². The third-order valence-corrected chi connectivity index (χ3v) is 2.87. The van der Waals surface area contributed by atoms with E-state index in [1.165, 1.54) is 0 Å². The predicted octanol–water partition coefficient (Wildman–Crippen LogP) is 1.21. The van der Waals surface area contributed by atoms with E-state index in [0.29, 0.717) is 0 Å². The van der Waals surface area contributed by atoms with Gasteiger partial charge >= 0.3 is 0 Å². The lowest BCUT2D eigenvalue weighted by Gasteiger charge is -2.01. The maximum atomic E-state index is 12.8. The second-order valence-corrected chi connectivity index (χ2v) is 4.96. The summed E-state index contributed by atoms with van der Waals surface area (Å²) in [4.78, 5) is -0.143. The Labute approximate surface area is 79.7 Å².